The van der Waals surface area contributed by atoms with Gasteiger partial charge < -0.3 is 19.5 Å². The maximum Gasteiger partial charge on any atom is 0.262 e. The Hall–Kier alpha value is -1.50. The van der Waals surface area contributed by atoms with Gasteiger partial charge in [-0.05, 0) is 22.6 Å². The van der Waals surface area contributed by atoms with Crippen LogP contribution in [-0.4, -0.2) is 49.5 Å². The number of aliphatic hydroxyl groups is 2. The van der Waals surface area contributed by atoms with E-state index in [9.17, 15) is 19.8 Å². The highest BCUT2D eigenvalue weighted by atomic mass is 127. The summed E-state index contributed by atoms with van der Waals surface area (Å²) in [5, 5.41) is 22.2. The first-order valence-corrected chi connectivity index (χ1v) is 9.26. The molecule has 4 N–H and O–H groups in total. The Morgan fingerprint density at radius 3 is 2.81 bits per heavy atom. The third kappa shape index (κ3) is 3.50. The lowest BCUT2D eigenvalue weighted by molar-refractivity contribution is -0.123. The number of ether oxygens (including phenoxy) is 1. The first-order chi connectivity index (χ1) is 12.1. The van der Waals surface area contributed by atoms with Crippen molar-refractivity contribution in [1.29, 1.82) is 0 Å². The summed E-state index contributed by atoms with van der Waals surface area (Å²) in [5.41, 5.74) is -0.672. The van der Waals surface area contributed by atoms with Crippen LogP contribution in [0.5, 0.6) is 0 Å². The number of aromatic nitrogens is 3. The maximum absolute atomic E-state index is 12.5. The number of hydrogen-bond donors (Lipinski definition) is 4. The monoisotopic (exact) mass is 476 g/mol. The van der Waals surface area contributed by atoms with Gasteiger partial charge in [-0.15, -0.1) is 0 Å². The molecule has 0 radical (unpaired) electrons. The van der Waals surface area contributed by atoms with E-state index in [1.165, 1.54) is 0 Å². The Balaban J connectivity index is 2.03. The average molecular weight is 476 g/mol. The van der Waals surface area contributed by atoms with Crippen molar-refractivity contribution in [2.75, 3.05) is 11.9 Å². The molecule has 1 amide bonds. The van der Waals surface area contributed by atoms with E-state index in [0.29, 0.717) is 14.6 Å². The van der Waals surface area contributed by atoms with Gasteiger partial charge in [0.25, 0.3) is 5.56 Å². The molecule has 3 rings (SSSR count). The number of carbonyl (C=O) groups is 1. The second-order valence-electron chi connectivity index (χ2n) is 7.32. The summed E-state index contributed by atoms with van der Waals surface area (Å²) in [5.74, 6) is -0.226. The molecule has 9 nitrogen and oxygen atoms in total. The van der Waals surface area contributed by atoms with E-state index in [1.807, 2.05) is 22.6 Å². The lowest BCUT2D eigenvalue weighted by atomic mass is 9.96. The average Bonchev–Trinajstić information content (AvgIpc) is 3.06. The molecular weight excluding hydrogens is 455 g/mol. The minimum absolute atomic E-state index is 0.0513. The van der Waals surface area contributed by atoms with Crippen LogP contribution in [0.1, 0.15) is 33.4 Å². The number of H-pyrrole nitrogens is 1. The SMILES string of the molecule is CC(C)(C)C(=O)Nc1nc2c(c(I)cn2[C@H]2CC(O)[C@@H](CO)O2)c(=O)[nH]1. The number of nitrogens with zero attached hydrogens (tertiary/aromatic N) is 2. The standard InChI is InChI=1S/C16H21IN4O5/c1-16(2,3)14(25)20-15-18-12-11(13(24)19-15)7(17)5-21(12)10-4-8(23)9(6-22)26-10/h5,8-10,22-23H,4,6H2,1-3H3,(H2,18,19,20,24,25)/t8?,9-,10-/m1/s1. The molecule has 10 heteroatoms. The smallest absolute Gasteiger partial charge is 0.262 e. The zero-order valence-electron chi connectivity index (χ0n) is 14.6. The zero-order chi connectivity index (χ0) is 19.2. The van der Waals surface area contributed by atoms with Gasteiger partial charge in [0.05, 0.1) is 18.1 Å². The highest BCUT2D eigenvalue weighted by Crippen LogP contribution is 2.32. The van der Waals surface area contributed by atoms with Crippen molar-refractivity contribution in [1.82, 2.24) is 14.5 Å². The predicted molar refractivity (Wildman–Crippen MR) is 103 cm³/mol. The zero-order valence-corrected chi connectivity index (χ0v) is 16.8. The number of aromatic amines is 1. The number of fused-ring (bicyclic) bond motifs is 1. The number of halogens is 1. The van der Waals surface area contributed by atoms with E-state index in [2.05, 4.69) is 15.3 Å². The number of carbonyl (C=O) groups excluding carboxylic acids is 1. The molecule has 1 fully saturated rings. The van der Waals surface area contributed by atoms with Crippen LogP contribution in [-0.2, 0) is 9.53 Å². The molecule has 142 valence electrons. The normalized spacial score (nSPS) is 23.5. The van der Waals surface area contributed by atoms with Crippen molar-refractivity contribution in [3.8, 4) is 0 Å². The maximum atomic E-state index is 12.5. The Morgan fingerprint density at radius 2 is 2.23 bits per heavy atom. The first kappa shape index (κ1) is 19.3. The second kappa shape index (κ2) is 6.91. The Bertz CT molecular complexity index is 900. The fourth-order valence-electron chi connectivity index (χ4n) is 2.74. The summed E-state index contributed by atoms with van der Waals surface area (Å²) < 4.78 is 7.99. The molecule has 0 spiro atoms. The molecular formula is C16H21IN4O5. The van der Waals surface area contributed by atoms with Gasteiger partial charge in [-0.25, -0.2) is 0 Å². The summed E-state index contributed by atoms with van der Waals surface area (Å²) >= 11 is 2.03. The number of amides is 1. The second-order valence-corrected chi connectivity index (χ2v) is 8.48. The molecule has 26 heavy (non-hydrogen) atoms. The molecule has 2 aromatic rings. The Morgan fingerprint density at radius 1 is 1.54 bits per heavy atom. The van der Waals surface area contributed by atoms with Gasteiger partial charge in [0.1, 0.15) is 12.3 Å². The van der Waals surface area contributed by atoms with Crippen LogP contribution < -0.4 is 10.9 Å². The van der Waals surface area contributed by atoms with Crippen LogP contribution >= 0.6 is 22.6 Å². The van der Waals surface area contributed by atoms with Crippen LogP contribution in [0.2, 0.25) is 0 Å². The molecule has 1 saturated heterocycles. The minimum atomic E-state index is -0.804. The van der Waals surface area contributed by atoms with E-state index < -0.39 is 23.9 Å². The van der Waals surface area contributed by atoms with Gasteiger partial charge in [0, 0.05) is 21.6 Å². The third-order valence-electron chi connectivity index (χ3n) is 4.24. The summed E-state index contributed by atoms with van der Waals surface area (Å²) in [6.45, 7) is 4.98. The van der Waals surface area contributed by atoms with Crippen LogP contribution in [0.15, 0.2) is 11.0 Å². The summed E-state index contributed by atoms with van der Waals surface area (Å²) in [7, 11) is 0. The minimum Gasteiger partial charge on any atom is -0.394 e. The van der Waals surface area contributed by atoms with Gasteiger partial charge in [0.15, 0.2) is 5.65 Å². The topological polar surface area (TPSA) is 129 Å². The van der Waals surface area contributed by atoms with E-state index >= 15 is 0 Å². The lowest BCUT2D eigenvalue weighted by Gasteiger charge is -2.17. The van der Waals surface area contributed by atoms with Crippen molar-refractivity contribution < 1.29 is 19.7 Å². The van der Waals surface area contributed by atoms with Gasteiger partial charge in [-0.1, -0.05) is 20.8 Å². The number of anilines is 1. The van der Waals surface area contributed by atoms with Gasteiger partial charge in [-0.3, -0.25) is 19.9 Å². The molecule has 3 heterocycles. The van der Waals surface area contributed by atoms with E-state index in [4.69, 9.17) is 4.74 Å². The molecule has 0 bridgehead atoms. The third-order valence-corrected chi connectivity index (χ3v) is 5.06. The predicted octanol–water partition coefficient (Wildman–Crippen LogP) is 0.954. The highest BCUT2D eigenvalue weighted by molar-refractivity contribution is 14.1. The first-order valence-electron chi connectivity index (χ1n) is 8.18. The number of aliphatic hydroxyl groups excluding tert-OH is 2. The summed E-state index contributed by atoms with van der Waals surface area (Å²) in [6, 6.07) is 0. The van der Waals surface area contributed by atoms with Crippen LogP contribution in [0.4, 0.5) is 5.95 Å². The fourth-order valence-corrected chi connectivity index (χ4v) is 3.52. The molecule has 0 aliphatic carbocycles. The van der Waals surface area contributed by atoms with Gasteiger partial charge >= 0.3 is 0 Å². The Kier molecular flexibility index (Phi) is 5.12. The van der Waals surface area contributed by atoms with Crippen LogP contribution in [0, 0.1) is 8.99 Å². The Labute approximate surface area is 162 Å². The molecule has 1 unspecified atom stereocenters. The van der Waals surface area contributed by atoms with Crippen molar-refractivity contribution in [3.63, 3.8) is 0 Å². The quantitative estimate of drug-likeness (QED) is 0.489. The molecule has 2 aromatic heterocycles. The van der Waals surface area contributed by atoms with E-state index in [-0.39, 0.29) is 30.4 Å². The molecule has 0 aromatic carbocycles. The van der Waals surface area contributed by atoms with E-state index in [0.717, 1.165) is 0 Å². The van der Waals surface area contributed by atoms with Gasteiger partial charge in [0.2, 0.25) is 11.9 Å². The molecule has 1 aliphatic rings. The lowest BCUT2D eigenvalue weighted by Crippen LogP contribution is -2.29. The summed E-state index contributed by atoms with van der Waals surface area (Å²) in [6.07, 6.45) is -0.0728. The molecule has 0 saturated carbocycles. The van der Waals surface area contributed by atoms with Crippen LogP contribution in [0.25, 0.3) is 11.0 Å². The number of rotatable bonds is 3. The molecule has 1 aliphatic heterocycles. The van der Waals surface area contributed by atoms with Crippen molar-refractivity contribution in [2.45, 2.75) is 45.6 Å². The highest BCUT2D eigenvalue weighted by Gasteiger charge is 2.35. The summed E-state index contributed by atoms with van der Waals surface area (Å²) in [4.78, 5) is 31.6. The van der Waals surface area contributed by atoms with E-state index in [1.54, 1.807) is 31.5 Å². The van der Waals surface area contributed by atoms with Crippen molar-refractivity contribution >= 4 is 45.5 Å². The van der Waals surface area contributed by atoms with Gasteiger partial charge in [-0.2, -0.15) is 4.98 Å². The van der Waals surface area contributed by atoms with Crippen molar-refractivity contribution in [3.05, 3.63) is 20.1 Å². The number of hydrogen-bond acceptors (Lipinski definition) is 6. The fraction of sp³-hybridized carbons (Fsp3) is 0.562. The van der Waals surface area contributed by atoms with Crippen molar-refractivity contribution in [2.24, 2.45) is 5.41 Å². The largest absolute Gasteiger partial charge is 0.394 e. The van der Waals surface area contributed by atoms with Crippen LogP contribution in [0.3, 0.4) is 0 Å². The number of nitrogens with one attached hydrogen (secondary N) is 2. The molecule has 3 atom stereocenters.